The van der Waals surface area contributed by atoms with Crippen LogP contribution in [0.5, 0.6) is 0 Å². The molecule has 0 radical (unpaired) electrons. The van der Waals surface area contributed by atoms with Crippen molar-refractivity contribution in [3.8, 4) is 0 Å². The minimum absolute atomic E-state index is 0.0931. The number of benzene rings is 2. The number of halogens is 2. The van der Waals surface area contributed by atoms with Gasteiger partial charge in [-0.3, -0.25) is 9.59 Å². The van der Waals surface area contributed by atoms with Crippen LogP contribution in [0.1, 0.15) is 17.5 Å². The molecule has 6 heteroatoms. The highest BCUT2D eigenvalue weighted by molar-refractivity contribution is 6.32. The van der Waals surface area contributed by atoms with Gasteiger partial charge >= 0.3 is 0 Å². The van der Waals surface area contributed by atoms with Gasteiger partial charge in [-0.25, -0.2) is 4.90 Å². The first-order valence-corrected chi connectivity index (χ1v) is 8.28. The minimum atomic E-state index is -0.614. The van der Waals surface area contributed by atoms with Crippen molar-refractivity contribution in [2.45, 2.75) is 26.3 Å². The largest absolute Gasteiger partial charge is 0.373 e. The van der Waals surface area contributed by atoms with Crippen molar-refractivity contribution in [1.29, 1.82) is 0 Å². The number of rotatable bonds is 3. The topological polar surface area (TPSA) is 49.4 Å². The van der Waals surface area contributed by atoms with E-state index in [4.69, 9.17) is 23.2 Å². The van der Waals surface area contributed by atoms with Gasteiger partial charge in [-0.2, -0.15) is 0 Å². The summed E-state index contributed by atoms with van der Waals surface area (Å²) in [6.45, 7) is 3.77. The SMILES string of the molecule is Cc1ccc(NC2CC(=O)N(c3ccc(C)c(Cl)c3)C2=O)cc1Cl. The molecule has 24 heavy (non-hydrogen) atoms. The molecule has 1 N–H and O–H groups in total. The molecular weight excluding hydrogens is 347 g/mol. The van der Waals surface area contributed by atoms with Gasteiger partial charge in [0.05, 0.1) is 12.1 Å². The second kappa shape index (κ2) is 6.46. The number of aryl methyl sites for hydroxylation is 2. The Labute approximate surface area is 150 Å². The van der Waals surface area contributed by atoms with E-state index in [1.807, 2.05) is 26.0 Å². The van der Waals surface area contributed by atoms with Crippen molar-refractivity contribution >= 4 is 46.4 Å². The number of imide groups is 1. The van der Waals surface area contributed by atoms with E-state index in [1.165, 1.54) is 4.90 Å². The van der Waals surface area contributed by atoms with Gasteiger partial charge < -0.3 is 5.32 Å². The summed E-state index contributed by atoms with van der Waals surface area (Å²) in [6.07, 6.45) is 0.0931. The van der Waals surface area contributed by atoms with E-state index in [1.54, 1.807) is 24.3 Å². The molecule has 1 fully saturated rings. The quantitative estimate of drug-likeness (QED) is 0.825. The normalized spacial score (nSPS) is 17.5. The van der Waals surface area contributed by atoms with Gasteiger partial charge in [-0.1, -0.05) is 35.3 Å². The molecule has 2 aromatic carbocycles. The third-order valence-corrected chi connectivity index (χ3v) is 4.89. The van der Waals surface area contributed by atoms with Crippen LogP contribution in [0.4, 0.5) is 11.4 Å². The Hall–Kier alpha value is -2.04. The molecule has 1 aliphatic rings. The highest BCUT2D eigenvalue weighted by Gasteiger charge is 2.39. The predicted molar refractivity (Wildman–Crippen MR) is 96.9 cm³/mol. The molecule has 2 aromatic rings. The van der Waals surface area contributed by atoms with Crippen LogP contribution in [0.3, 0.4) is 0 Å². The summed E-state index contributed by atoms with van der Waals surface area (Å²) in [5.74, 6) is -0.549. The average Bonchev–Trinajstić information content (AvgIpc) is 2.80. The van der Waals surface area contributed by atoms with Crippen LogP contribution >= 0.6 is 23.2 Å². The second-order valence-electron chi connectivity index (χ2n) is 5.87. The first-order valence-electron chi connectivity index (χ1n) is 7.52. The first kappa shape index (κ1) is 16.8. The highest BCUT2D eigenvalue weighted by Crippen LogP contribution is 2.29. The number of hydrogen-bond acceptors (Lipinski definition) is 3. The molecular formula is C18H16Cl2N2O2. The fourth-order valence-electron chi connectivity index (χ4n) is 2.62. The van der Waals surface area contributed by atoms with Gasteiger partial charge in [-0.15, -0.1) is 0 Å². The fraction of sp³-hybridized carbons (Fsp3) is 0.222. The van der Waals surface area contributed by atoms with Crippen LogP contribution in [0.2, 0.25) is 10.0 Å². The summed E-state index contributed by atoms with van der Waals surface area (Å²) in [6, 6.07) is 9.99. The molecule has 1 atom stereocenters. The van der Waals surface area contributed by atoms with Gasteiger partial charge in [0.25, 0.3) is 5.91 Å². The summed E-state index contributed by atoms with van der Waals surface area (Å²) in [4.78, 5) is 26.1. The van der Waals surface area contributed by atoms with Gasteiger partial charge in [0.2, 0.25) is 5.91 Å². The maximum Gasteiger partial charge on any atom is 0.256 e. The van der Waals surface area contributed by atoms with E-state index >= 15 is 0 Å². The van der Waals surface area contributed by atoms with Crippen molar-refractivity contribution in [2.75, 3.05) is 10.2 Å². The maximum atomic E-state index is 12.6. The fourth-order valence-corrected chi connectivity index (χ4v) is 2.98. The van der Waals surface area contributed by atoms with Crippen LogP contribution in [0.25, 0.3) is 0 Å². The Kier molecular flexibility index (Phi) is 4.52. The number of nitrogens with zero attached hydrogens (tertiary/aromatic N) is 1. The molecule has 0 aromatic heterocycles. The van der Waals surface area contributed by atoms with E-state index in [0.717, 1.165) is 11.1 Å². The zero-order valence-corrected chi connectivity index (χ0v) is 14.8. The molecule has 2 amide bonds. The Balaban J connectivity index is 1.83. The second-order valence-corrected chi connectivity index (χ2v) is 6.68. The number of hydrogen-bond donors (Lipinski definition) is 1. The van der Waals surface area contributed by atoms with Crippen LogP contribution in [0.15, 0.2) is 36.4 Å². The molecule has 3 rings (SSSR count). The summed E-state index contributed by atoms with van der Waals surface area (Å²) in [5.41, 5.74) is 3.04. The van der Waals surface area contributed by atoms with Crippen LogP contribution in [-0.2, 0) is 9.59 Å². The lowest BCUT2D eigenvalue weighted by Crippen LogP contribution is -2.34. The number of anilines is 2. The zero-order chi connectivity index (χ0) is 17.4. The molecule has 0 aliphatic carbocycles. The molecule has 1 heterocycles. The van der Waals surface area contributed by atoms with Crippen molar-refractivity contribution < 1.29 is 9.59 Å². The Morgan fingerprint density at radius 2 is 1.62 bits per heavy atom. The maximum absolute atomic E-state index is 12.6. The molecule has 0 spiro atoms. The van der Waals surface area contributed by atoms with Gasteiger partial charge in [-0.05, 0) is 49.2 Å². The van der Waals surface area contributed by atoms with E-state index in [0.29, 0.717) is 21.4 Å². The monoisotopic (exact) mass is 362 g/mol. The lowest BCUT2D eigenvalue weighted by atomic mass is 10.2. The average molecular weight is 363 g/mol. The molecule has 4 nitrogen and oxygen atoms in total. The predicted octanol–water partition coefficient (Wildman–Crippen LogP) is 4.35. The number of carbonyl (C=O) groups excluding carboxylic acids is 2. The zero-order valence-electron chi connectivity index (χ0n) is 13.3. The smallest absolute Gasteiger partial charge is 0.256 e. The Morgan fingerprint density at radius 3 is 2.25 bits per heavy atom. The van der Waals surface area contributed by atoms with Gasteiger partial charge in [0, 0.05) is 15.7 Å². The van der Waals surface area contributed by atoms with Gasteiger partial charge in [0.15, 0.2) is 0 Å². The third kappa shape index (κ3) is 3.12. The lowest BCUT2D eigenvalue weighted by Gasteiger charge is -2.17. The van der Waals surface area contributed by atoms with E-state index in [2.05, 4.69) is 5.32 Å². The Bertz CT molecular complexity index is 836. The minimum Gasteiger partial charge on any atom is -0.373 e. The molecule has 0 bridgehead atoms. The van der Waals surface area contributed by atoms with E-state index < -0.39 is 6.04 Å². The lowest BCUT2D eigenvalue weighted by molar-refractivity contribution is -0.121. The molecule has 1 aliphatic heterocycles. The van der Waals surface area contributed by atoms with Crippen LogP contribution in [0, 0.1) is 13.8 Å². The summed E-state index contributed by atoms with van der Waals surface area (Å²) < 4.78 is 0. The summed E-state index contributed by atoms with van der Waals surface area (Å²) in [5, 5.41) is 4.22. The molecule has 1 unspecified atom stereocenters. The summed E-state index contributed by atoms with van der Waals surface area (Å²) in [7, 11) is 0. The first-order chi connectivity index (χ1) is 11.4. The number of amides is 2. The van der Waals surface area contributed by atoms with Crippen molar-refractivity contribution in [3.05, 3.63) is 57.6 Å². The van der Waals surface area contributed by atoms with E-state index in [-0.39, 0.29) is 18.2 Å². The van der Waals surface area contributed by atoms with E-state index in [9.17, 15) is 9.59 Å². The van der Waals surface area contributed by atoms with Crippen molar-refractivity contribution in [2.24, 2.45) is 0 Å². The standard InChI is InChI=1S/C18H16Cl2N2O2/c1-10-3-5-12(7-14(10)19)21-16-9-17(23)22(18(16)24)13-6-4-11(2)15(20)8-13/h3-8,16,21H,9H2,1-2H3. The van der Waals surface area contributed by atoms with Crippen molar-refractivity contribution in [1.82, 2.24) is 0 Å². The third-order valence-electron chi connectivity index (χ3n) is 4.07. The van der Waals surface area contributed by atoms with Crippen LogP contribution < -0.4 is 10.2 Å². The molecule has 0 saturated carbocycles. The Morgan fingerprint density at radius 1 is 1.00 bits per heavy atom. The number of nitrogens with one attached hydrogen (secondary N) is 1. The molecule has 1 saturated heterocycles. The van der Waals surface area contributed by atoms with Crippen molar-refractivity contribution in [3.63, 3.8) is 0 Å². The van der Waals surface area contributed by atoms with Gasteiger partial charge in [0.1, 0.15) is 6.04 Å². The summed E-state index contributed by atoms with van der Waals surface area (Å²) >= 11 is 12.2. The van der Waals surface area contributed by atoms with Crippen LogP contribution in [-0.4, -0.2) is 17.9 Å². The molecule has 124 valence electrons. The highest BCUT2D eigenvalue weighted by atomic mass is 35.5. The number of carbonyl (C=O) groups is 2.